The zero-order valence-electron chi connectivity index (χ0n) is 13.3. The lowest BCUT2D eigenvalue weighted by Crippen LogP contribution is -3.06. The minimum Gasteiger partial charge on any atom is -0.343 e. The number of likely N-dealkylation sites (N-methyl/N-ethyl adjacent to an activating group) is 1. The third kappa shape index (κ3) is 5.54. The molecule has 0 aromatic heterocycles. The highest BCUT2D eigenvalue weighted by atomic mass is 35.5. The van der Waals surface area contributed by atoms with Crippen molar-refractivity contribution in [1.82, 2.24) is 5.32 Å². The van der Waals surface area contributed by atoms with Gasteiger partial charge in [-0.3, -0.25) is 4.79 Å². The Bertz CT molecular complexity index is 659. The van der Waals surface area contributed by atoms with Crippen LogP contribution in [-0.2, 0) is 11.2 Å². The maximum Gasteiger partial charge on any atom is 0.225 e. The van der Waals surface area contributed by atoms with Crippen LogP contribution in [0.3, 0.4) is 0 Å². The standard InChI is InChI=1S/C18H20Cl2N2O/c1-22(2)12-17(13-6-4-3-5-7-13)21-18(23)10-14-8-9-15(19)11-16(14)20/h3-9,11,17H,10,12H2,1-2H3,(H,21,23)/p+1/t17-/m0/s1. The smallest absolute Gasteiger partial charge is 0.225 e. The molecule has 0 aliphatic rings. The molecule has 0 saturated carbocycles. The van der Waals surface area contributed by atoms with E-state index in [0.29, 0.717) is 10.0 Å². The molecule has 2 aromatic carbocycles. The van der Waals surface area contributed by atoms with Crippen molar-refractivity contribution in [3.05, 3.63) is 69.7 Å². The fourth-order valence-corrected chi connectivity index (χ4v) is 2.90. The van der Waals surface area contributed by atoms with Crippen LogP contribution in [0, 0.1) is 0 Å². The summed E-state index contributed by atoms with van der Waals surface area (Å²) < 4.78 is 0. The van der Waals surface area contributed by atoms with Gasteiger partial charge < -0.3 is 10.2 Å². The number of benzene rings is 2. The predicted octanol–water partition coefficient (Wildman–Crippen LogP) is 2.54. The number of amides is 1. The molecule has 0 spiro atoms. The Kier molecular flexibility index (Phi) is 6.46. The molecule has 0 bridgehead atoms. The third-order valence-corrected chi connectivity index (χ3v) is 4.10. The molecule has 0 aliphatic heterocycles. The number of hydrogen-bond acceptors (Lipinski definition) is 1. The molecule has 0 heterocycles. The second-order valence-electron chi connectivity index (χ2n) is 5.85. The van der Waals surface area contributed by atoms with Gasteiger partial charge in [-0.1, -0.05) is 59.6 Å². The number of carbonyl (C=O) groups is 1. The van der Waals surface area contributed by atoms with Gasteiger partial charge in [0.15, 0.2) is 0 Å². The molecule has 0 radical (unpaired) electrons. The second-order valence-corrected chi connectivity index (χ2v) is 6.70. The first-order valence-corrected chi connectivity index (χ1v) is 8.28. The fourth-order valence-electron chi connectivity index (χ4n) is 2.43. The van der Waals surface area contributed by atoms with E-state index < -0.39 is 0 Å². The Hall–Kier alpha value is -1.55. The number of rotatable bonds is 6. The van der Waals surface area contributed by atoms with Gasteiger partial charge in [-0.05, 0) is 23.3 Å². The summed E-state index contributed by atoms with van der Waals surface area (Å²) >= 11 is 12.0. The van der Waals surface area contributed by atoms with Gasteiger partial charge >= 0.3 is 0 Å². The lowest BCUT2D eigenvalue weighted by molar-refractivity contribution is -0.860. The monoisotopic (exact) mass is 351 g/mol. The Labute approximate surface area is 147 Å². The van der Waals surface area contributed by atoms with Crippen LogP contribution in [-0.4, -0.2) is 26.5 Å². The van der Waals surface area contributed by atoms with Crippen LogP contribution >= 0.6 is 23.2 Å². The molecule has 122 valence electrons. The van der Waals surface area contributed by atoms with Gasteiger partial charge in [-0.2, -0.15) is 0 Å². The first-order chi connectivity index (χ1) is 11.0. The molecule has 0 unspecified atom stereocenters. The Morgan fingerprint density at radius 3 is 2.43 bits per heavy atom. The fraction of sp³-hybridized carbons (Fsp3) is 0.278. The summed E-state index contributed by atoms with van der Waals surface area (Å²) in [5.74, 6) is -0.0516. The average Bonchev–Trinajstić information content (AvgIpc) is 2.50. The third-order valence-electron chi connectivity index (χ3n) is 3.52. The molecule has 0 aliphatic carbocycles. The van der Waals surface area contributed by atoms with E-state index in [1.165, 1.54) is 4.90 Å². The van der Waals surface area contributed by atoms with Crippen molar-refractivity contribution in [2.75, 3.05) is 20.6 Å². The summed E-state index contributed by atoms with van der Waals surface area (Å²) in [7, 11) is 4.14. The Morgan fingerprint density at radius 2 is 1.83 bits per heavy atom. The normalized spacial score (nSPS) is 12.2. The molecule has 5 heteroatoms. The molecule has 1 atom stereocenters. The van der Waals surface area contributed by atoms with Crippen LogP contribution in [0.4, 0.5) is 0 Å². The molecule has 1 amide bonds. The molecule has 0 fully saturated rings. The van der Waals surface area contributed by atoms with Crippen molar-refractivity contribution >= 4 is 29.1 Å². The number of hydrogen-bond donors (Lipinski definition) is 2. The largest absolute Gasteiger partial charge is 0.343 e. The van der Waals surface area contributed by atoms with Gasteiger partial charge in [0.1, 0.15) is 12.6 Å². The van der Waals surface area contributed by atoms with Crippen LogP contribution in [0.5, 0.6) is 0 Å². The molecule has 2 N–H and O–H groups in total. The van der Waals surface area contributed by atoms with Gasteiger partial charge in [-0.15, -0.1) is 0 Å². The quantitative estimate of drug-likeness (QED) is 0.823. The van der Waals surface area contributed by atoms with E-state index in [4.69, 9.17) is 23.2 Å². The van der Waals surface area contributed by atoms with Crippen molar-refractivity contribution in [3.63, 3.8) is 0 Å². The topological polar surface area (TPSA) is 33.5 Å². The maximum atomic E-state index is 12.4. The summed E-state index contributed by atoms with van der Waals surface area (Å²) in [6.45, 7) is 0.810. The van der Waals surface area contributed by atoms with Crippen LogP contribution in [0.25, 0.3) is 0 Å². The zero-order chi connectivity index (χ0) is 16.8. The molecule has 2 rings (SSSR count). The average molecular weight is 352 g/mol. The van der Waals surface area contributed by atoms with E-state index in [-0.39, 0.29) is 18.4 Å². The van der Waals surface area contributed by atoms with Gasteiger partial charge in [0.25, 0.3) is 0 Å². The van der Waals surface area contributed by atoms with E-state index >= 15 is 0 Å². The van der Waals surface area contributed by atoms with E-state index in [2.05, 4.69) is 19.4 Å². The summed E-state index contributed by atoms with van der Waals surface area (Å²) in [4.78, 5) is 13.7. The van der Waals surface area contributed by atoms with Gasteiger partial charge in [-0.25, -0.2) is 0 Å². The summed E-state index contributed by atoms with van der Waals surface area (Å²) in [6, 6.07) is 15.2. The number of nitrogens with one attached hydrogen (secondary N) is 2. The maximum absolute atomic E-state index is 12.4. The number of halogens is 2. The first-order valence-electron chi connectivity index (χ1n) is 7.53. The number of carbonyl (C=O) groups excluding carboxylic acids is 1. The van der Waals surface area contributed by atoms with Gasteiger partial charge in [0, 0.05) is 10.0 Å². The predicted molar refractivity (Wildman–Crippen MR) is 95.2 cm³/mol. The SMILES string of the molecule is C[NH+](C)C[C@H](NC(=O)Cc1ccc(Cl)cc1Cl)c1ccccc1. The summed E-state index contributed by atoms with van der Waals surface area (Å²) in [6.07, 6.45) is 0.238. The minimum absolute atomic E-state index is 0.0280. The molecule has 3 nitrogen and oxygen atoms in total. The van der Waals surface area contributed by atoms with Gasteiger partial charge in [0.2, 0.25) is 5.91 Å². The van der Waals surface area contributed by atoms with Crippen LogP contribution in [0.1, 0.15) is 17.2 Å². The minimum atomic E-state index is -0.0516. The van der Waals surface area contributed by atoms with Gasteiger partial charge in [0.05, 0.1) is 20.5 Å². The van der Waals surface area contributed by atoms with Crippen molar-refractivity contribution < 1.29 is 9.69 Å². The lowest BCUT2D eigenvalue weighted by Gasteiger charge is -2.21. The van der Waals surface area contributed by atoms with E-state index in [1.807, 2.05) is 30.3 Å². The zero-order valence-corrected chi connectivity index (χ0v) is 14.8. The molecule has 0 saturated heterocycles. The van der Waals surface area contributed by atoms with Crippen LogP contribution in [0.2, 0.25) is 10.0 Å². The van der Waals surface area contributed by atoms with Crippen molar-refractivity contribution in [3.8, 4) is 0 Å². The highest BCUT2D eigenvalue weighted by molar-refractivity contribution is 6.35. The van der Waals surface area contributed by atoms with Crippen molar-refractivity contribution in [2.45, 2.75) is 12.5 Å². The molecular formula is C18H21Cl2N2O+. The van der Waals surface area contributed by atoms with Crippen molar-refractivity contribution in [1.29, 1.82) is 0 Å². The second kappa shape index (κ2) is 8.34. The highest BCUT2D eigenvalue weighted by Gasteiger charge is 2.18. The summed E-state index contributed by atoms with van der Waals surface area (Å²) in [5.41, 5.74) is 1.88. The first kappa shape index (κ1) is 17.8. The Balaban J connectivity index is 2.08. The molecule has 23 heavy (non-hydrogen) atoms. The lowest BCUT2D eigenvalue weighted by atomic mass is 10.1. The summed E-state index contributed by atoms with van der Waals surface area (Å²) in [5, 5.41) is 4.19. The van der Waals surface area contributed by atoms with E-state index in [1.54, 1.807) is 18.2 Å². The van der Waals surface area contributed by atoms with Crippen molar-refractivity contribution in [2.24, 2.45) is 0 Å². The van der Waals surface area contributed by atoms with E-state index in [0.717, 1.165) is 17.7 Å². The van der Waals surface area contributed by atoms with Crippen LogP contribution < -0.4 is 10.2 Å². The molecule has 2 aromatic rings. The highest BCUT2D eigenvalue weighted by Crippen LogP contribution is 2.21. The van der Waals surface area contributed by atoms with Crippen LogP contribution in [0.15, 0.2) is 48.5 Å². The van der Waals surface area contributed by atoms with E-state index in [9.17, 15) is 4.79 Å². The number of quaternary nitrogens is 1. The molecular weight excluding hydrogens is 331 g/mol. The Morgan fingerprint density at radius 1 is 1.13 bits per heavy atom.